The van der Waals surface area contributed by atoms with Gasteiger partial charge in [-0.1, -0.05) is 17.8 Å². The number of nitrogens with zero attached hydrogens (tertiary/aromatic N) is 5. The number of benzene rings is 2. The third kappa shape index (κ3) is 4.07. The van der Waals surface area contributed by atoms with Gasteiger partial charge in [0.2, 0.25) is 10.0 Å². The van der Waals surface area contributed by atoms with Gasteiger partial charge in [0.25, 0.3) is 0 Å². The molecule has 0 aliphatic heterocycles. The molecular weight excluding hydrogens is 442 g/mol. The van der Waals surface area contributed by atoms with Crippen LogP contribution in [0.4, 0.5) is 0 Å². The summed E-state index contributed by atoms with van der Waals surface area (Å²) in [7, 11) is -0.441. The average Bonchev–Trinajstić information content (AvgIpc) is 3.37. The number of aryl methyl sites for hydroxylation is 3. The molecule has 0 bridgehead atoms. The van der Waals surface area contributed by atoms with Crippen LogP contribution in [0.2, 0.25) is 0 Å². The van der Waals surface area contributed by atoms with Crippen molar-refractivity contribution in [3.05, 3.63) is 65.7 Å². The van der Waals surface area contributed by atoms with E-state index in [0.717, 1.165) is 28.7 Å². The van der Waals surface area contributed by atoms with Gasteiger partial charge < -0.3 is 4.57 Å². The molecule has 0 saturated heterocycles. The quantitative estimate of drug-likeness (QED) is 0.375. The van der Waals surface area contributed by atoms with E-state index in [0.29, 0.717) is 11.3 Å². The van der Waals surface area contributed by atoms with Gasteiger partial charge in [0.05, 0.1) is 21.7 Å². The van der Waals surface area contributed by atoms with Crippen LogP contribution in [-0.4, -0.2) is 45.9 Å². The average molecular weight is 470 g/mol. The van der Waals surface area contributed by atoms with Gasteiger partial charge in [0.15, 0.2) is 5.16 Å². The Kier molecular flexibility index (Phi) is 6.15. The van der Waals surface area contributed by atoms with Crippen LogP contribution in [-0.2, 0) is 22.3 Å². The van der Waals surface area contributed by atoms with Crippen molar-refractivity contribution in [3.63, 3.8) is 0 Å². The van der Waals surface area contributed by atoms with Crippen LogP contribution in [0.25, 0.3) is 16.7 Å². The van der Waals surface area contributed by atoms with E-state index in [9.17, 15) is 8.42 Å². The second-order valence-electron chi connectivity index (χ2n) is 7.85. The molecule has 4 rings (SSSR count). The summed E-state index contributed by atoms with van der Waals surface area (Å²) in [6, 6.07) is 11.5. The SMILES string of the molecule is CCn1c(CSc2nccn2-c2ccc(C)c(C)c2)nc2cc(S(=O)(=O)N(C)C)ccc21. The molecule has 0 saturated carbocycles. The summed E-state index contributed by atoms with van der Waals surface area (Å²) in [5.41, 5.74) is 5.19. The molecule has 0 aliphatic rings. The van der Waals surface area contributed by atoms with Crippen molar-refractivity contribution in [1.82, 2.24) is 23.4 Å². The van der Waals surface area contributed by atoms with Crippen LogP contribution in [0.5, 0.6) is 0 Å². The number of hydrogen-bond acceptors (Lipinski definition) is 5. The highest BCUT2D eigenvalue weighted by Crippen LogP contribution is 2.28. The Hall–Kier alpha value is -2.62. The summed E-state index contributed by atoms with van der Waals surface area (Å²) < 4.78 is 30.4. The number of rotatable bonds is 7. The van der Waals surface area contributed by atoms with Crippen LogP contribution in [0.3, 0.4) is 0 Å². The zero-order valence-corrected chi connectivity index (χ0v) is 20.5. The second kappa shape index (κ2) is 8.73. The second-order valence-corrected chi connectivity index (χ2v) is 10.9. The Balaban J connectivity index is 1.64. The van der Waals surface area contributed by atoms with Gasteiger partial charge >= 0.3 is 0 Å². The fourth-order valence-corrected chi connectivity index (χ4v) is 5.43. The van der Waals surface area contributed by atoms with Crippen LogP contribution < -0.4 is 0 Å². The van der Waals surface area contributed by atoms with E-state index in [-0.39, 0.29) is 4.90 Å². The first-order chi connectivity index (χ1) is 15.2. The van der Waals surface area contributed by atoms with Gasteiger partial charge in [-0.3, -0.25) is 4.57 Å². The van der Waals surface area contributed by atoms with Crippen molar-refractivity contribution in [2.75, 3.05) is 14.1 Å². The van der Waals surface area contributed by atoms with Crippen molar-refractivity contribution in [3.8, 4) is 5.69 Å². The summed E-state index contributed by atoms with van der Waals surface area (Å²) in [6.45, 7) is 7.03. The number of aromatic nitrogens is 4. The van der Waals surface area contributed by atoms with Crippen LogP contribution >= 0.6 is 11.8 Å². The van der Waals surface area contributed by atoms with Gasteiger partial charge in [-0.15, -0.1) is 0 Å². The summed E-state index contributed by atoms with van der Waals surface area (Å²) in [5.74, 6) is 1.52. The molecule has 4 aromatic rings. The maximum absolute atomic E-state index is 12.5. The number of hydrogen-bond donors (Lipinski definition) is 0. The molecular formula is C23H27N5O2S2. The molecule has 0 spiro atoms. The highest BCUT2D eigenvalue weighted by atomic mass is 32.2. The van der Waals surface area contributed by atoms with Crippen molar-refractivity contribution in [1.29, 1.82) is 0 Å². The molecule has 2 heterocycles. The van der Waals surface area contributed by atoms with Gasteiger partial charge in [0, 0.05) is 38.7 Å². The number of imidazole rings is 2. The van der Waals surface area contributed by atoms with E-state index < -0.39 is 10.0 Å². The van der Waals surface area contributed by atoms with E-state index >= 15 is 0 Å². The molecule has 0 amide bonds. The molecule has 0 aliphatic carbocycles. The molecule has 32 heavy (non-hydrogen) atoms. The lowest BCUT2D eigenvalue weighted by molar-refractivity contribution is 0.521. The molecule has 0 fully saturated rings. The Morgan fingerprint density at radius 1 is 1.06 bits per heavy atom. The Labute approximate surface area is 193 Å². The summed E-state index contributed by atoms with van der Waals surface area (Å²) in [5, 5.41) is 0.888. The van der Waals surface area contributed by atoms with Crippen molar-refractivity contribution < 1.29 is 8.42 Å². The summed E-state index contributed by atoms with van der Waals surface area (Å²) in [4.78, 5) is 9.56. The van der Waals surface area contributed by atoms with Crippen LogP contribution in [0.15, 0.2) is 58.8 Å². The number of fused-ring (bicyclic) bond motifs is 1. The van der Waals surface area contributed by atoms with E-state index in [1.807, 2.05) is 12.3 Å². The third-order valence-electron chi connectivity index (χ3n) is 5.60. The minimum Gasteiger partial charge on any atom is -0.328 e. The highest BCUT2D eigenvalue weighted by Gasteiger charge is 2.20. The zero-order chi connectivity index (χ0) is 23.0. The van der Waals surface area contributed by atoms with Gasteiger partial charge in [-0.25, -0.2) is 22.7 Å². The first kappa shape index (κ1) is 22.6. The third-order valence-corrected chi connectivity index (χ3v) is 8.37. The monoisotopic (exact) mass is 469 g/mol. The maximum atomic E-state index is 12.5. The van der Waals surface area contributed by atoms with E-state index in [4.69, 9.17) is 4.98 Å². The van der Waals surface area contributed by atoms with Crippen molar-refractivity contribution in [2.24, 2.45) is 0 Å². The molecule has 2 aromatic carbocycles. The molecule has 168 valence electrons. The van der Waals surface area contributed by atoms with E-state index in [2.05, 4.69) is 53.1 Å². The largest absolute Gasteiger partial charge is 0.328 e. The number of sulfonamides is 1. The smallest absolute Gasteiger partial charge is 0.242 e. The van der Waals surface area contributed by atoms with Crippen molar-refractivity contribution >= 4 is 32.8 Å². The van der Waals surface area contributed by atoms with Crippen LogP contribution in [0, 0.1) is 13.8 Å². The lowest BCUT2D eigenvalue weighted by Crippen LogP contribution is -2.22. The summed E-state index contributed by atoms with van der Waals surface area (Å²) >= 11 is 1.61. The Morgan fingerprint density at radius 3 is 2.53 bits per heavy atom. The number of thioether (sulfide) groups is 1. The standard InChI is InChI=1S/C23H27N5O2S2/c1-6-27-21-10-9-19(32(29,30)26(4)5)14-20(21)25-22(27)15-31-23-24-11-12-28(23)18-8-7-16(2)17(3)13-18/h7-14H,6,15H2,1-5H3. The lowest BCUT2D eigenvalue weighted by Gasteiger charge is -2.11. The van der Waals surface area contributed by atoms with Gasteiger partial charge in [-0.05, 0) is 62.2 Å². The molecule has 2 aromatic heterocycles. The van der Waals surface area contributed by atoms with Crippen LogP contribution in [0.1, 0.15) is 23.9 Å². The highest BCUT2D eigenvalue weighted by molar-refractivity contribution is 7.98. The molecule has 7 nitrogen and oxygen atoms in total. The minimum atomic E-state index is -3.50. The first-order valence-corrected chi connectivity index (χ1v) is 12.8. The molecule has 9 heteroatoms. The van der Waals surface area contributed by atoms with Gasteiger partial charge in [0.1, 0.15) is 5.82 Å². The zero-order valence-electron chi connectivity index (χ0n) is 18.9. The topological polar surface area (TPSA) is 73.0 Å². The van der Waals surface area contributed by atoms with E-state index in [1.165, 1.54) is 29.5 Å². The molecule has 0 unspecified atom stereocenters. The Bertz CT molecular complexity index is 1390. The Morgan fingerprint density at radius 2 is 1.84 bits per heavy atom. The van der Waals surface area contributed by atoms with E-state index in [1.54, 1.807) is 30.1 Å². The van der Waals surface area contributed by atoms with Crippen molar-refractivity contribution in [2.45, 2.75) is 43.1 Å². The lowest BCUT2D eigenvalue weighted by atomic mass is 10.1. The normalized spacial score (nSPS) is 12.2. The first-order valence-electron chi connectivity index (χ1n) is 10.4. The fourth-order valence-electron chi connectivity index (χ4n) is 3.59. The molecule has 0 N–H and O–H groups in total. The summed E-state index contributed by atoms with van der Waals surface area (Å²) in [6.07, 6.45) is 3.77. The fraction of sp³-hybridized carbons (Fsp3) is 0.304. The van der Waals surface area contributed by atoms with Gasteiger partial charge in [-0.2, -0.15) is 0 Å². The minimum absolute atomic E-state index is 0.250. The molecule has 0 radical (unpaired) electrons. The maximum Gasteiger partial charge on any atom is 0.242 e. The predicted molar refractivity (Wildman–Crippen MR) is 129 cm³/mol. The predicted octanol–water partition coefficient (Wildman–Crippen LogP) is 4.40. The molecule has 0 atom stereocenters.